The van der Waals surface area contributed by atoms with Gasteiger partial charge in [0, 0.05) is 0 Å². The van der Waals surface area contributed by atoms with Crippen LogP contribution in [0.25, 0.3) is 0 Å². The Hall–Kier alpha value is -0.540. The van der Waals surface area contributed by atoms with Crippen molar-refractivity contribution in [2.45, 2.75) is 13.8 Å². The fourth-order valence-electron chi connectivity index (χ4n) is 0.747. The van der Waals surface area contributed by atoms with Gasteiger partial charge in [0.2, 0.25) is 0 Å². The van der Waals surface area contributed by atoms with Crippen LogP contribution in [0.2, 0.25) is 5.02 Å². The fraction of sp³-hybridized carbons (Fsp3) is 0.444. The molecule has 0 aliphatic heterocycles. The van der Waals surface area contributed by atoms with Gasteiger partial charge in [-0.3, -0.25) is 0 Å². The van der Waals surface area contributed by atoms with Gasteiger partial charge in [-0.05, 0) is 17.4 Å². The molecule has 0 fully saturated rings. The maximum Gasteiger partial charge on any atom is 0.349 e. The molecule has 2 nitrogen and oxygen atoms in total. The normalized spacial score (nSPS) is 10.5. The van der Waals surface area contributed by atoms with E-state index in [0.717, 1.165) is 0 Å². The second-order valence-corrected chi connectivity index (χ2v) is 4.41. The lowest BCUT2D eigenvalue weighted by Crippen LogP contribution is -2.09. The predicted molar refractivity (Wildman–Crippen MR) is 54.4 cm³/mol. The van der Waals surface area contributed by atoms with Crippen LogP contribution in [0.3, 0.4) is 0 Å². The molecule has 0 aliphatic rings. The SMILES string of the molecule is CC(C)COC(=O)c1sccc1Cl. The Morgan fingerprint density at radius 3 is 2.85 bits per heavy atom. The average Bonchev–Trinajstić information content (AvgIpc) is 2.47. The van der Waals surface area contributed by atoms with Crippen LogP contribution in [0.1, 0.15) is 23.5 Å². The molecule has 72 valence electrons. The van der Waals surface area contributed by atoms with Crippen molar-refractivity contribution in [2.75, 3.05) is 6.61 Å². The Kier molecular flexibility index (Phi) is 3.75. The molecule has 1 aromatic heterocycles. The van der Waals surface area contributed by atoms with Crippen LogP contribution in [-0.4, -0.2) is 12.6 Å². The maximum absolute atomic E-state index is 11.3. The molecule has 0 aromatic carbocycles. The standard InChI is InChI=1S/C9H11ClO2S/c1-6(2)5-12-9(11)8-7(10)3-4-13-8/h3-4,6H,5H2,1-2H3. The van der Waals surface area contributed by atoms with E-state index in [9.17, 15) is 4.79 Å². The number of ether oxygens (including phenoxy) is 1. The summed E-state index contributed by atoms with van der Waals surface area (Å²) in [7, 11) is 0. The number of hydrogen-bond donors (Lipinski definition) is 0. The summed E-state index contributed by atoms with van der Waals surface area (Å²) >= 11 is 7.06. The monoisotopic (exact) mass is 218 g/mol. The van der Waals surface area contributed by atoms with Crippen molar-refractivity contribution in [3.05, 3.63) is 21.3 Å². The van der Waals surface area contributed by atoms with Gasteiger partial charge in [-0.1, -0.05) is 25.4 Å². The number of hydrogen-bond acceptors (Lipinski definition) is 3. The van der Waals surface area contributed by atoms with Crippen molar-refractivity contribution in [3.8, 4) is 0 Å². The third-order valence-electron chi connectivity index (χ3n) is 1.35. The number of rotatable bonds is 3. The second-order valence-electron chi connectivity index (χ2n) is 3.09. The number of carbonyl (C=O) groups excluding carboxylic acids is 1. The molecule has 0 unspecified atom stereocenters. The molecule has 0 N–H and O–H groups in total. The van der Waals surface area contributed by atoms with Crippen LogP contribution in [-0.2, 0) is 4.74 Å². The van der Waals surface area contributed by atoms with E-state index in [1.807, 2.05) is 13.8 Å². The van der Waals surface area contributed by atoms with Gasteiger partial charge in [0.1, 0.15) is 4.88 Å². The van der Waals surface area contributed by atoms with Gasteiger partial charge in [-0.15, -0.1) is 11.3 Å². The molecule has 0 saturated carbocycles. The average molecular weight is 219 g/mol. The Morgan fingerprint density at radius 1 is 1.69 bits per heavy atom. The van der Waals surface area contributed by atoms with Crippen LogP contribution >= 0.6 is 22.9 Å². The summed E-state index contributed by atoms with van der Waals surface area (Å²) in [6, 6.07) is 1.69. The fourth-order valence-corrected chi connectivity index (χ4v) is 1.77. The topological polar surface area (TPSA) is 26.3 Å². The number of carbonyl (C=O) groups is 1. The minimum Gasteiger partial charge on any atom is -0.461 e. The van der Waals surface area contributed by atoms with Gasteiger partial charge in [0.25, 0.3) is 0 Å². The Labute approximate surface area is 86.5 Å². The summed E-state index contributed by atoms with van der Waals surface area (Å²) in [6.45, 7) is 4.42. The highest BCUT2D eigenvalue weighted by Crippen LogP contribution is 2.22. The largest absolute Gasteiger partial charge is 0.461 e. The maximum atomic E-state index is 11.3. The molecule has 1 heterocycles. The van der Waals surface area contributed by atoms with E-state index in [4.69, 9.17) is 16.3 Å². The lowest BCUT2D eigenvalue weighted by atomic mass is 10.2. The third-order valence-corrected chi connectivity index (χ3v) is 2.67. The summed E-state index contributed by atoms with van der Waals surface area (Å²) in [5.74, 6) is 0.0244. The van der Waals surface area contributed by atoms with E-state index in [1.165, 1.54) is 11.3 Å². The minimum atomic E-state index is -0.325. The van der Waals surface area contributed by atoms with E-state index in [2.05, 4.69) is 0 Å². The lowest BCUT2D eigenvalue weighted by Gasteiger charge is -2.05. The van der Waals surface area contributed by atoms with Crippen molar-refractivity contribution in [1.29, 1.82) is 0 Å². The summed E-state index contributed by atoms with van der Waals surface area (Å²) in [5, 5.41) is 2.24. The summed E-state index contributed by atoms with van der Waals surface area (Å²) < 4.78 is 5.02. The molecular formula is C9H11ClO2S. The highest BCUT2D eigenvalue weighted by atomic mass is 35.5. The molecule has 0 amide bonds. The van der Waals surface area contributed by atoms with Gasteiger partial charge >= 0.3 is 5.97 Å². The molecule has 13 heavy (non-hydrogen) atoms. The first-order valence-electron chi connectivity index (χ1n) is 4.01. The summed E-state index contributed by atoms with van der Waals surface area (Å²) in [5.41, 5.74) is 0. The van der Waals surface area contributed by atoms with Gasteiger partial charge in [0.05, 0.1) is 11.6 Å². The second kappa shape index (κ2) is 4.63. The summed E-state index contributed by atoms with van der Waals surface area (Å²) in [4.78, 5) is 11.8. The number of thiophene rings is 1. The Bertz CT molecular complexity index is 294. The third kappa shape index (κ3) is 3.01. The van der Waals surface area contributed by atoms with Gasteiger partial charge in [-0.2, -0.15) is 0 Å². The zero-order chi connectivity index (χ0) is 9.84. The van der Waals surface area contributed by atoms with E-state index >= 15 is 0 Å². The molecule has 0 spiro atoms. The zero-order valence-electron chi connectivity index (χ0n) is 7.54. The van der Waals surface area contributed by atoms with Gasteiger partial charge < -0.3 is 4.74 Å². The number of esters is 1. The first-order valence-corrected chi connectivity index (χ1v) is 5.27. The van der Waals surface area contributed by atoms with E-state index in [0.29, 0.717) is 22.4 Å². The Morgan fingerprint density at radius 2 is 2.38 bits per heavy atom. The van der Waals surface area contributed by atoms with Crippen LogP contribution in [0.15, 0.2) is 11.4 Å². The van der Waals surface area contributed by atoms with Crippen LogP contribution in [0.5, 0.6) is 0 Å². The molecule has 0 bridgehead atoms. The highest BCUT2D eigenvalue weighted by Gasteiger charge is 2.13. The lowest BCUT2D eigenvalue weighted by molar-refractivity contribution is 0.0465. The minimum absolute atomic E-state index is 0.325. The summed E-state index contributed by atoms with van der Waals surface area (Å²) in [6.07, 6.45) is 0. The van der Waals surface area contributed by atoms with E-state index < -0.39 is 0 Å². The molecule has 1 rings (SSSR count). The number of halogens is 1. The van der Waals surface area contributed by atoms with Crippen molar-refractivity contribution in [1.82, 2.24) is 0 Å². The van der Waals surface area contributed by atoms with E-state index in [-0.39, 0.29) is 5.97 Å². The Balaban J connectivity index is 2.54. The van der Waals surface area contributed by atoms with Crippen LogP contribution in [0.4, 0.5) is 0 Å². The molecule has 0 aliphatic carbocycles. The first kappa shape index (κ1) is 10.5. The van der Waals surface area contributed by atoms with Gasteiger partial charge in [0.15, 0.2) is 0 Å². The van der Waals surface area contributed by atoms with Crippen LogP contribution in [0, 0.1) is 5.92 Å². The smallest absolute Gasteiger partial charge is 0.349 e. The molecular weight excluding hydrogens is 208 g/mol. The molecule has 0 atom stereocenters. The van der Waals surface area contributed by atoms with Crippen molar-refractivity contribution in [2.24, 2.45) is 5.92 Å². The molecule has 0 saturated heterocycles. The van der Waals surface area contributed by atoms with Crippen molar-refractivity contribution in [3.63, 3.8) is 0 Å². The predicted octanol–water partition coefficient (Wildman–Crippen LogP) is 3.21. The molecule has 1 aromatic rings. The van der Waals surface area contributed by atoms with Crippen molar-refractivity contribution < 1.29 is 9.53 Å². The molecule has 4 heteroatoms. The van der Waals surface area contributed by atoms with Gasteiger partial charge in [-0.25, -0.2) is 4.79 Å². The zero-order valence-corrected chi connectivity index (χ0v) is 9.11. The van der Waals surface area contributed by atoms with Crippen LogP contribution < -0.4 is 0 Å². The first-order chi connectivity index (χ1) is 6.11. The quantitative estimate of drug-likeness (QED) is 0.729. The molecule has 0 radical (unpaired) electrons. The van der Waals surface area contributed by atoms with Crippen molar-refractivity contribution >= 4 is 28.9 Å². The highest BCUT2D eigenvalue weighted by molar-refractivity contribution is 7.12. The van der Waals surface area contributed by atoms with E-state index in [1.54, 1.807) is 11.4 Å².